The second-order valence-electron chi connectivity index (χ2n) is 4.63. The van der Waals surface area contributed by atoms with E-state index in [4.69, 9.17) is 4.74 Å². The number of morpholine rings is 1. The average Bonchev–Trinajstić information content (AvgIpc) is 2.83. The highest BCUT2D eigenvalue weighted by Gasteiger charge is 2.27. The van der Waals surface area contributed by atoms with Crippen molar-refractivity contribution < 1.29 is 23.1 Å². The number of hydrogen-bond donors (Lipinski definition) is 2. The molecule has 2 rings (SSSR count). The Morgan fingerprint density at radius 2 is 2.38 bits per heavy atom. The summed E-state index contributed by atoms with van der Waals surface area (Å²) < 4.78 is 29.5. The Hall–Kier alpha value is -1.72. The van der Waals surface area contributed by atoms with Gasteiger partial charge < -0.3 is 14.7 Å². The maximum atomic E-state index is 12.2. The molecule has 1 unspecified atom stereocenters. The lowest BCUT2D eigenvalue weighted by Gasteiger charge is -2.34. The van der Waals surface area contributed by atoms with Crippen molar-refractivity contribution in [3.8, 4) is 0 Å². The van der Waals surface area contributed by atoms with E-state index in [1.807, 2.05) is 0 Å². The van der Waals surface area contributed by atoms with E-state index in [-0.39, 0.29) is 37.5 Å². The van der Waals surface area contributed by atoms with E-state index in [1.165, 1.54) is 11.1 Å². The third-order valence-electron chi connectivity index (χ3n) is 2.86. The fourth-order valence-electron chi connectivity index (χ4n) is 1.96. The number of carbonyl (C=O) groups is 1. The Bertz CT molecular complexity index is 601. The minimum absolute atomic E-state index is 0.0472. The van der Waals surface area contributed by atoms with Crippen LogP contribution in [0.5, 0.6) is 0 Å². The molecular formula is C10H17N5O5S. The van der Waals surface area contributed by atoms with Gasteiger partial charge in [-0.1, -0.05) is 0 Å². The van der Waals surface area contributed by atoms with Crippen LogP contribution in [0, 0.1) is 0 Å². The number of anilines is 1. The first-order chi connectivity index (χ1) is 9.89. The second-order valence-corrected chi connectivity index (χ2v) is 6.38. The first kappa shape index (κ1) is 15.7. The molecule has 1 aliphatic heterocycles. The van der Waals surface area contributed by atoms with Crippen LogP contribution in [0.1, 0.15) is 0 Å². The molecule has 1 amide bonds. The van der Waals surface area contributed by atoms with Gasteiger partial charge in [0.15, 0.2) is 5.82 Å². The molecule has 0 spiro atoms. The zero-order chi connectivity index (χ0) is 15.5. The van der Waals surface area contributed by atoms with Crippen LogP contribution in [-0.4, -0.2) is 78.0 Å². The molecule has 1 aliphatic rings. The quantitative estimate of drug-likeness (QED) is 0.634. The number of hydrogen-bond acceptors (Lipinski definition) is 7. The monoisotopic (exact) mass is 319 g/mol. The third kappa shape index (κ3) is 4.37. The van der Waals surface area contributed by atoms with Crippen molar-refractivity contribution in [2.75, 3.05) is 37.3 Å². The molecule has 2 N–H and O–H groups in total. The topological polar surface area (TPSA) is 127 Å². The third-order valence-corrected chi connectivity index (χ3v) is 3.44. The number of sulfonamides is 1. The molecule has 11 heteroatoms. The van der Waals surface area contributed by atoms with Gasteiger partial charge in [-0.2, -0.15) is 9.90 Å². The molecule has 1 aromatic heterocycles. The number of nitrogens with one attached hydrogen (secondary N) is 1. The summed E-state index contributed by atoms with van der Waals surface area (Å²) in [5.74, 6) is -0.218. The average molecular weight is 319 g/mol. The van der Waals surface area contributed by atoms with Crippen molar-refractivity contribution in [2.24, 2.45) is 0 Å². The van der Waals surface area contributed by atoms with E-state index in [9.17, 15) is 18.3 Å². The van der Waals surface area contributed by atoms with Crippen molar-refractivity contribution in [3.05, 3.63) is 6.20 Å². The van der Waals surface area contributed by atoms with Crippen molar-refractivity contribution in [2.45, 2.75) is 12.6 Å². The van der Waals surface area contributed by atoms with E-state index in [0.717, 1.165) is 11.1 Å². The van der Waals surface area contributed by atoms with Gasteiger partial charge in [0.05, 0.1) is 38.3 Å². The summed E-state index contributed by atoms with van der Waals surface area (Å²) in [6.07, 6.45) is 2.22. The number of amides is 1. The molecule has 1 atom stereocenters. The van der Waals surface area contributed by atoms with Crippen molar-refractivity contribution in [1.82, 2.24) is 19.9 Å². The van der Waals surface area contributed by atoms with Crippen LogP contribution in [0.4, 0.5) is 5.82 Å². The lowest BCUT2D eigenvalue weighted by molar-refractivity contribution is -0.142. The molecule has 1 aromatic rings. The minimum atomic E-state index is -3.44. The van der Waals surface area contributed by atoms with Gasteiger partial charge in [-0.05, 0) is 0 Å². The van der Waals surface area contributed by atoms with Crippen molar-refractivity contribution in [1.29, 1.82) is 0 Å². The molecule has 21 heavy (non-hydrogen) atoms. The first-order valence-electron chi connectivity index (χ1n) is 6.25. The highest BCUT2D eigenvalue weighted by atomic mass is 32.2. The van der Waals surface area contributed by atoms with Gasteiger partial charge in [-0.15, -0.1) is 5.10 Å². The number of ether oxygens (including phenoxy) is 1. The number of carbonyl (C=O) groups excluding carboxylic acids is 1. The predicted octanol–water partition coefficient (Wildman–Crippen LogP) is -2.13. The number of aromatic nitrogens is 3. The molecule has 0 saturated carbocycles. The van der Waals surface area contributed by atoms with Crippen LogP contribution < -0.4 is 4.72 Å². The molecule has 1 saturated heterocycles. The van der Waals surface area contributed by atoms with Crippen molar-refractivity contribution >= 4 is 21.7 Å². The van der Waals surface area contributed by atoms with Crippen LogP contribution in [0.25, 0.3) is 0 Å². The summed E-state index contributed by atoms with van der Waals surface area (Å²) in [4.78, 5) is 14.8. The molecule has 10 nitrogen and oxygen atoms in total. The Balaban J connectivity index is 1.99. The van der Waals surface area contributed by atoms with Crippen LogP contribution in [0.15, 0.2) is 6.20 Å². The van der Waals surface area contributed by atoms with Crippen molar-refractivity contribution in [3.63, 3.8) is 0 Å². The molecule has 2 heterocycles. The minimum Gasteiger partial charge on any atom is -0.394 e. The molecule has 0 aliphatic carbocycles. The fourth-order valence-corrected chi connectivity index (χ4v) is 2.43. The predicted molar refractivity (Wildman–Crippen MR) is 71.9 cm³/mol. The Morgan fingerprint density at radius 3 is 3.05 bits per heavy atom. The summed E-state index contributed by atoms with van der Waals surface area (Å²) in [7, 11) is -3.44. The normalized spacial score (nSPS) is 19.5. The highest BCUT2D eigenvalue weighted by Crippen LogP contribution is 2.08. The van der Waals surface area contributed by atoms with Crippen LogP contribution in [0.2, 0.25) is 0 Å². The Morgan fingerprint density at radius 1 is 1.62 bits per heavy atom. The largest absolute Gasteiger partial charge is 0.394 e. The molecule has 0 aromatic carbocycles. The summed E-state index contributed by atoms with van der Waals surface area (Å²) in [5.41, 5.74) is 0. The maximum Gasteiger partial charge on any atom is 0.246 e. The van der Waals surface area contributed by atoms with E-state index in [0.29, 0.717) is 13.2 Å². The second kappa shape index (κ2) is 6.37. The van der Waals surface area contributed by atoms with Gasteiger partial charge in [-0.25, -0.2) is 8.42 Å². The maximum absolute atomic E-state index is 12.2. The molecule has 0 bridgehead atoms. The molecular weight excluding hydrogens is 302 g/mol. The molecule has 1 fully saturated rings. The van der Waals surface area contributed by atoms with Gasteiger partial charge in [0, 0.05) is 6.54 Å². The van der Waals surface area contributed by atoms with Gasteiger partial charge in [0.1, 0.15) is 6.54 Å². The standard InChI is InChI=1S/C10H17N5O5S/c1-21(18,19)13-9-4-11-15(12-9)5-10(17)14-2-3-20-7-8(14)6-16/h4,8,16H,2-3,5-7H2,1H3,(H,12,13). The fraction of sp³-hybridized carbons (Fsp3) is 0.700. The number of nitrogens with zero attached hydrogens (tertiary/aromatic N) is 4. The lowest BCUT2D eigenvalue weighted by Crippen LogP contribution is -2.51. The lowest BCUT2D eigenvalue weighted by atomic mass is 10.2. The number of aliphatic hydroxyl groups is 1. The SMILES string of the molecule is CS(=O)(=O)Nc1cnn(CC(=O)N2CCOCC2CO)n1. The van der Waals surface area contributed by atoms with E-state index >= 15 is 0 Å². The van der Waals surface area contributed by atoms with E-state index in [1.54, 1.807) is 0 Å². The number of rotatable bonds is 5. The summed E-state index contributed by atoms with van der Waals surface area (Å²) in [5, 5.41) is 16.9. The van der Waals surface area contributed by atoms with Gasteiger partial charge in [0.25, 0.3) is 0 Å². The van der Waals surface area contributed by atoms with Crippen LogP contribution in [-0.2, 0) is 26.1 Å². The highest BCUT2D eigenvalue weighted by molar-refractivity contribution is 7.92. The van der Waals surface area contributed by atoms with Gasteiger partial charge in [-0.3, -0.25) is 9.52 Å². The summed E-state index contributed by atoms with van der Waals surface area (Å²) in [6.45, 7) is 0.770. The number of aliphatic hydroxyl groups excluding tert-OH is 1. The van der Waals surface area contributed by atoms with E-state index < -0.39 is 10.0 Å². The van der Waals surface area contributed by atoms with Crippen LogP contribution >= 0.6 is 0 Å². The molecule has 118 valence electrons. The van der Waals surface area contributed by atoms with Crippen LogP contribution in [0.3, 0.4) is 0 Å². The van der Waals surface area contributed by atoms with Gasteiger partial charge >= 0.3 is 0 Å². The molecule has 0 radical (unpaired) electrons. The summed E-state index contributed by atoms with van der Waals surface area (Å²) in [6, 6.07) is -0.379. The Labute approximate surface area is 121 Å². The zero-order valence-electron chi connectivity index (χ0n) is 11.5. The summed E-state index contributed by atoms with van der Waals surface area (Å²) >= 11 is 0. The zero-order valence-corrected chi connectivity index (χ0v) is 12.3. The smallest absolute Gasteiger partial charge is 0.246 e. The first-order valence-corrected chi connectivity index (χ1v) is 8.14. The Kier molecular flexibility index (Phi) is 4.75. The van der Waals surface area contributed by atoms with Gasteiger partial charge in [0.2, 0.25) is 15.9 Å². The van der Waals surface area contributed by atoms with E-state index in [2.05, 4.69) is 14.9 Å².